The average Bonchev–Trinajstić information content (AvgIpc) is 2.55. The molecule has 1 aromatic heterocycles. The first-order chi connectivity index (χ1) is 5.38. The van der Waals surface area contributed by atoms with Crippen molar-refractivity contribution >= 4 is 11.6 Å². The lowest BCUT2D eigenvalue weighted by atomic mass is 10.3. The zero-order chi connectivity index (χ0) is 7.68. The Morgan fingerprint density at radius 3 is 2.91 bits per heavy atom. The van der Waals surface area contributed by atoms with E-state index < -0.39 is 5.91 Å². The van der Waals surface area contributed by atoms with Crippen molar-refractivity contribution in [3.05, 3.63) is 11.9 Å². The number of nitrogens with one attached hydrogen (secondary N) is 1. The third-order valence-electron chi connectivity index (χ3n) is 1.14. The molecule has 0 saturated carbocycles. The highest BCUT2D eigenvalue weighted by Crippen LogP contribution is 2.03. The summed E-state index contributed by atoms with van der Waals surface area (Å²) in [5.41, 5.74) is 0.485. The molecule has 11 heavy (non-hydrogen) atoms. The van der Waals surface area contributed by atoms with Gasteiger partial charge in [0.25, 0.3) is 0 Å². The maximum Gasteiger partial charge on any atom is 0.319 e. The topological polar surface area (TPSA) is 95.7 Å². The van der Waals surface area contributed by atoms with Crippen molar-refractivity contribution in [3.8, 4) is 0 Å². The highest BCUT2D eigenvalue weighted by atomic mass is 16.2. The summed E-state index contributed by atoms with van der Waals surface area (Å²) >= 11 is 0. The second-order valence-corrected chi connectivity index (χ2v) is 1.80. The van der Waals surface area contributed by atoms with Crippen molar-refractivity contribution in [1.29, 1.82) is 0 Å². The highest BCUT2D eigenvalue weighted by Gasteiger charge is 2.20. The predicted molar refractivity (Wildman–Crippen MR) is 32.8 cm³/mol. The fourth-order valence-electron chi connectivity index (χ4n) is 0.674. The molecular formula is C4H2N6O. The molecular weight excluding hydrogens is 148 g/mol. The molecule has 1 aromatic rings. The number of aromatic nitrogens is 3. The monoisotopic (exact) mass is 150 g/mol. The van der Waals surface area contributed by atoms with Gasteiger partial charge in [0, 0.05) is 0 Å². The van der Waals surface area contributed by atoms with Crippen LogP contribution in [-0.4, -0.2) is 27.0 Å². The van der Waals surface area contributed by atoms with Gasteiger partial charge in [0.05, 0.1) is 6.20 Å². The Balaban J connectivity index is 2.40. The predicted octanol–water partition coefficient (Wildman–Crippen LogP) is -0.499. The minimum absolute atomic E-state index is 0.124. The Hall–Kier alpha value is -1.92. The standard InChI is InChI=1S/C4H2N6O/c11-4-3(7-10-8-4)2-1-5-9-6-2/h1H,(H,5,6,9). The normalized spacial score (nSPS) is 15.6. The van der Waals surface area contributed by atoms with Crippen molar-refractivity contribution in [2.45, 2.75) is 0 Å². The highest BCUT2D eigenvalue weighted by molar-refractivity contribution is 6.45. The van der Waals surface area contributed by atoms with E-state index in [1.54, 1.807) is 0 Å². The molecule has 7 nitrogen and oxygen atoms in total. The van der Waals surface area contributed by atoms with Gasteiger partial charge in [0.1, 0.15) is 5.69 Å². The Morgan fingerprint density at radius 2 is 2.36 bits per heavy atom. The van der Waals surface area contributed by atoms with Crippen LogP contribution in [0.1, 0.15) is 5.69 Å². The second-order valence-electron chi connectivity index (χ2n) is 1.80. The van der Waals surface area contributed by atoms with E-state index in [9.17, 15) is 4.79 Å². The maximum atomic E-state index is 10.8. The summed E-state index contributed by atoms with van der Waals surface area (Å²) in [5.74, 6) is -0.487. The quantitative estimate of drug-likeness (QED) is 0.584. The summed E-state index contributed by atoms with van der Waals surface area (Å²) < 4.78 is 0. The van der Waals surface area contributed by atoms with Crippen LogP contribution in [0.25, 0.3) is 0 Å². The van der Waals surface area contributed by atoms with Gasteiger partial charge in [-0.2, -0.15) is 15.4 Å². The van der Waals surface area contributed by atoms with Crippen LogP contribution in [0.5, 0.6) is 0 Å². The minimum atomic E-state index is -0.487. The van der Waals surface area contributed by atoms with E-state index in [-0.39, 0.29) is 5.71 Å². The van der Waals surface area contributed by atoms with Crippen molar-refractivity contribution in [2.24, 2.45) is 15.4 Å². The Morgan fingerprint density at radius 1 is 1.45 bits per heavy atom. The van der Waals surface area contributed by atoms with Gasteiger partial charge in [-0.1, -0.05) is 5.11 Å². The van der Waals surface area contributed by atoms with Crippen LogP contribution in [0.2, 0.25) is 0 Å². The fraction of sp³-hybridized carbons (Fsp3) is 0. The molecule has 0 aliphatic carbocycles. The lowest BCUT2D eigenvalue weighted by Crippen LogP contribution is -2.09. The van der Waals surface area contributed by atoms with Crippen LogP contribution in [0.15, 0.2) is 21.6 Å². The number of aromatic amines is 1. The molecule has 7 heteroatoms. The summed E-state index contributed by atoms with van der Waals surface area (Å²) in [6, 6.07) is 0. The third kappa shape index (κ3) is 0.820. The molecule has 0 saturated heterocycles. The first kappa shape index (κ1) is 5.83. The van der Waals surface area contributed by atoms with Crippen LogP contribution in [0.4, 0.5) is 0 Å². The first-order valence-corrected chi connectivity index (χ1v) is 2.77. The molecule has 2 rings (SSSR count). The molecule has 0 radical (unpaired) electrons. The summed E-state index contributed by atoms with van der Waals surface area (Å²) in [6.07, 6.45) is 1.38. The number of hydrogen-bond donors (Lipinski definition) is 1. The largest absolute Gasteiger partial charge is 0.319 e. The van der Waals surface area contributed by atoms with Crippen molar-refractivity contribution < 1.29 is 4.79 Å². The van der Waals surface area contributed by atoms with E-state index in [0.717, 1.165) is 0 Å². The summed E-state index contributed by atoms with van der Waals surface area (Å²) in [5, 5.41) is 19.3. The Bertz CT molecular complexity index is 335. The molecule has 0 aromatic carbocycles. The zero-order valence-electron chi connectivity index (χ0n) is 5.22. The van der Waals surface area contributed by atoms with Crippen LogP contribution in [0.3, 0.4) is 0 Å². The number of H-pyrrole nitrogens is 1. The number of nitrogens with zero attached hydrogens (tertiary/aromatic N) is 5. The van der Waals surface area contributed by atoms with E-state index >= 15 is 0 Å². The van der Waals surface area contributed by atoms with Gasteiger partial charge in [-0.25, -0.2) is 0 Å². The number of amides is 1. The number of hydrogen-bond acceptors (Lipinski definition) is 5. The smallest absolute Gasteiger partial charge is 0.263 e. The van der Waals surface area contributed by atoms with Crippen LogP contribution in [-0.2, 0) is 4.79 Å². The van der Waals surface area contributed by atoms with E-state index in [1.165, 1.54) is 6.20 Å². The van der Waals surface area contributed by atoms with E-state index in [4.69, 9.17) is 0 Å². The van der Waals surface area contributed by atoms with Crippen molar-refractivity contribution in [2.75, 3.05) is 0 Å². The zero-order valence-corrected chi connectivity index (χ0v) is 5.22. The number of carbonyl (C=O) groups excluding carboxylic acids is 1. The minimum Gasteiger partial charge on any atom is -0.263 e. The molecule has 1 aliphatic heterocycles. The molecule has 0 fully saturated rings. The first-order valence-electron chi connectivity index (χ1n) is 2.77. The van der Waals surface area contributed by atoms with E-state index in [2.05, 4.69) is 30.8 Å². The van der Waals surface area contributed by atoms with Gasteiger partial charge in [0.2, 0.25) is 0 Å². The second kappa shape index (κ2) is 2.04. The van der Waals surface area contributed by atoms with Crippen molar-refractivity contribution in [3.63, 3.8) is 0 Å². The lowest BCUT2D eigenvalue weighted by molar-refractivity contribution is -0.111. The number of carbonyl (C=O) groups is 1. The molecule has 0 atom stereocenters. The maximum absolute atomic E-state index is 10.8. The molecule has 1 aliphatic rings. The molecule has 2 heterocycles. The SMILES string of the molecule is O=C1N=NN=C1c1cn[nH]n1. The van der Waals surface area contributed by atoms with E-state index in [1.807, 2.05) is 0 Å². The van der Waals surface area contributed by atoms with Gasteiger partial charge in [-0.3, -0.25) is 4.79 Å². The molecule has 1 amide bonds. The Kier molecular flexibility index (Phi) is 1.08. The summed E-state index contributed by atoms with van der Waals surface area (Å²) in [7, 11) is 0. The average molecular weight is 150 g/mol. The van der Waals surface area contributed by atoms with Crippen molar-refractivity contribution in [1.82, 2.24) is 15.4 Å². The molecule has 0 unspecified atom stereocenters. The van der Waals surface area contributed by atoms with Gasteiger partial charge in [-0.05, 0) is 5.22 Å². The lowest BCUT2D eigenvalue weighted by Gasteiger charge is -1.83. The summed E-state index contributed by atoms with van der Waals surface area (Å²) in [6.45, 7) is 0. The van der Waals surface area contributed by atoms with Gasteiger partial charge >= 0.3 is 5.91 Å². The van der Waals surface area contributed by atoms with Gasteiger partial charge in [0.15, 0.2) is 5.71 Å². The number of rotatable bonds is 1. The van der Waals surface area contributed by atoms with Gasteiger partial charge in [-0.15, -0.1) is 5.10 Å². The van der Waals surface area contributed by atoms with Crippen LogP contribution < -0.4 is 0 Å². The Labute approximate surface area is 60.2 Å². The molecule has 0 spiro atoms. The molecule has 0 bridgehead atoms. The van der Waals surface area contributed by atoms with Crippen LogP contribution >= 0.6 is 0 Å². The van der Waals surface area contributed by atoms with Crippen LogP contribution in [0, 0.1) is 0 Å². The molecule has 54 valence electrons. The third-order valence-corrected chi connectivity index (χ3v) is 1.14. The fourth-order valence-corrected chi connectivity index (χ4v) is 0.674. The van der Waals surface area contributed by atoms with Gasteiger partial charge < -0.3 is 0 Å². The van der Waals surface area contributed by atoms with E-state index in [0.29, 0.717) is 5.69 Å². The summed E-state index contributed by atoms with van der Waals surface area (Å²) in [4.78, 5) is 10.8. The molecule has 1 N–H and O–H groups in total.